The molecule has 1 aliphatic rings. The Morgan fingerprint density at radius 3 is 2.33 bits per heavy atom. The van der Waals surface area contributed by atoms with E-state index in [1.54, 1.807) is 12.1 Å². The summed E-state index contributed by atoms with van der Waals surface area (Å²) in [4.78, 5) is 12.3. The summed E-state index contributed by atoms with van der Waals surface area (Å²) in [6.45, 7) is 3.17. The Morgan fingerprint density at radius 1 is 1.05 bits per heavy atom. The van der Waals surface area contributed by atoms with E-state index in [-0.39, 0.29) is 11.1 Å². The van der Waals surface area contributed by atoms with E-state index in [0.717, 1.165) is 31.9 Å². The smallest absolute Gasteiger partial charge is 0.224 e. The van der Waals surface area contributed by atoms with Gasteiger partial charge in [0, 0.05) is 31.9 Å². The fraction of sp³-hybridized carbons (Fsp3) is 0.286. The lowest BCUT2D eigenvalue weighted by Crippen LogP contribution is -2.47. The number of nitrogens with zero attached hydrogens (tertiary/aromatic N) is 4. The van der Waals surface area contributed by atoms with Gasteiger partial charge in [-0.1, -0.05) is 0 Å². The Balaban J connectivity index is 1.70. The Hall–Kier alpha value is -2.08. The van der Waals surface area contributed by atoms with Gasteiger partial charge in [0.1, 0.15) is 5.82 Å². The Bertz CT molecular complexity index is 626. The van der Waals surface area contributed by atoms with Crippen LogP contribution in [0.5, 0.6) is 0 Å². The van der Waals surface area contributed by atoms with Crippen molar-refractivity contribution in [2.45, 2.75) is 0 Å². The first-order valence-electron chi connectivity index (χ1n) is 6.67. The van der Waals surface area contributed by atoms with Crippen molar-refractivity contribution in [2.24, 2.45) is 0 Å². The summed E-state index contributed by atoms with van der Waals surface area (Å²) in [5.41, 5.74) is 7.44. The summed E-state index contributed by atoms with van der Waals surface area (Å²) in [6, 6.07) is 6.54. The van der Waals surface area contributed by atoms with Crippen molar-refractivity contribution < 1.29 is 4.39 Å². The van der Waals surface area contributed by atoms with Crippen LogP contribution >= 0.6 is 11.6 Å². The number of aromatic nitrogens is 2. The third-order valence-electron chi connectivity index (χ3n) is 3.54. The quantitative estimate of drug-likeness (QED) is 0.862. The molecule has 21 heavy (non-hydrogen) atoms. The summed E-state index contributed by atoms with van der Waals surface area (Å²) in [5, 5.41) is 0.195. The van der Waals surface area contributed by atoms with Crippen LogP contribution in [0, 0.1) is 5.82 Å². The van der Waals surface area contributed by atoms with Gasteiger partial charge >= 0.3 is 0 Å². The molecule has 0 bridgehead atoms. The van der Waals surface area contributed by atoms with E-state index < -0.39 is 0 Å². The number of nitrogens with two attached hydrogens (primary N) is 1. The average molecular weight is 308 g/mol. The first kappa shape index (κ1) is 13.9. The van der Waals surface area contributed by atoms with E-state index in [1.807, 2.05) is 0 Å². The molecule has 0 radical (unpaired) electrons. The van der Waals surface area contributed by atoms with E-state index in [1.165, 1.54) is 18.3 Å². The zero-order valence-electron chi connectivity index (χ0n) is 11.3. The second-order valence-electron chi connectivity index (χ2n) is 4.87. The summed E-state index contributed by atoms with van der Waals surface area (Å²) >= 11 is 5.83. The molecule has 1 aromatic carbocycles. The molecule has 3 rings (SSSR count). The molecule has 2 heterocycles. The lowest BCUT2D eigenvalue weighted by atomic mass is 10.2. The predicted molar refractivity (Wildman–Crippen MR) is 82.3 cm³/mol. The number of hydrogen-bond donors (Lipinski definition) is 1. The lowest BCUT2D eigenvalue weighted by molar-refractivity contribution is 0.624. The molecule has 0 atom stereocenters. The highest BCUT2D eigenvalue weighted by atomic mass is 35.5. The van der Waals surface area contributed by atoms with E-state index in [2.05, 4.69) is 19.8 Å². The molecule has 7 heteroatoms. The molecule has 1 fully saturated rings. The van der Waals surface area contributed by atoms with Gasteiger partial charge in [-0.05, 0) is 35.9 Å². The number of hydrogen-bond acceptors (Lipinski definition) is 5. The van der Waals surface area contributed by atoms with Crippen LogP contribution in [-0.2, 0) is 0 Å². The molecule has 2 aromatic rings. The molecule has 2 N–H and O–H groups in total. The second-order valence-corrected chi connectivity index (χ2v) is 5.21. The van der Waals surface area contributed by atoms with Crippen molar-refractivity contribution in [3.63, 3.8) is 0 Å². The number of benzene rings is 1. The van der Waals surface area contributed by atoms with Crippen LogP contribution in [0.2, 0.25) is 5.28 Å². The Kier molecular flexibility index (Phi) is 3.79. The second kappa shape index (κ2) is 5.73. The van der Waals surface area contributed by atoms with Crippen molar-refractivity contribution in [1.82, 2.24) is 9.97 Å². The predicted octanol–water partition coefficient (Wildman–Crippen LogP) is 2.18. The molecule has 1 saturated heterocycles. The summed E-state index contributed by atoms with van der Waals surface area (Å²) in [5.74, 6) is 0.453. The highest BCUT2D eigenvalue weighted by Crippen LogP contribution is 2.24. The Morgan fingerprint density at radius 2 is 1.67 bits per heavy atom. The van der Waals surface area contributed by atoms with Gasteiger partial charge in [-0.3, -0.25) is 0 Å². The fourth-order valence-electron chi connectivity index (χ4n) is 2.44. The fourth-order valence-corrected chi connectivity index (χ4v) is 2.57. The van der Waals surface area contributed by atoms with E-state index in [0.29, 0.717) is 11.5 Å². The minimum atomic E-state index is -0.221. The minimum Gasteiger partial charge on any atom is -0.394 e. The van der Waals surface area contributed by atoms with Crippen molar-refractivity contribution in [2.75, 3.05) is 41.7 Å². The molecule has 0 unspecified atom stereocenters. The van der Waals surface area contributed by atoms with Crippen LogP contribution in [0.1, 0.15) is 0 Å². The van der Waals surface area contributed by atoms with Gasteiger partial charge in [0.2, 0.25) is 5.28 Å². The van der Waals surface area contributed by atoms with Gasteiger partial charge in [-0.25, -0.2) is 9.37 Å². The van der Waals surface area contributed by atoms with Crippen LogP contribution in [0.3, 0.4) is 0 Å². The van der Waals surface area contributed by atoms with Crippen LogP contribution in [0.25, 0.3) is 0 Å². The van der Waals surface area contributed by atoms with Gasteiger partial charge in [-0.15, -0.1) is 0 Å². The molecular weight excluding hydrogens is 293 g/mol. The molecule has 110 valence electrons. The molecular formula is C14H15ClFN5. The SMILES string of the molecule is Nc1cnc(Cl)nc1N1CCN(c2ccc(F)cc2)CC1. The van der Waals surface area contributed by atoms with Crippen LogP contribution in [-0.4, -0.2) is 36.1 Å². The Labute approximate surface area is 127 Å². The molecule has 0 amide bonds. The molecule has 0 saturated carbocycles. The number of halogens is 2. The maximum absolute atomic E-state index is 13.0. The number of nitrogen functional groups attached to an aromatic ring is 1. The highest BCUT2D eigenvalue weighted by molar-refractivity contribution is 6.28. The van der Waals surface area contributed by atoms with Crippen LogP contribution in [0.4, 0.5) is 21.6 Å². The maximum atomic E-state index is 13.0. The van der Waals surface area contributed by atoms with Crippen LogP contribution in [0.15, 0.2) is 30.5 Å². The zero-order valence-corrected chi connectivity index (χ0v) is 12.1. The average Bonchev–Trinajstić information content (AvgIpc) is 2.51. The van der Waals surface area contributed by atoms with Gasteiger partial charge in [0.25, 0.3) is 0 Å². The molecule has 1 aromatic heterocycles. The zero-order chi connectivity index (χ0) is 14.8. The molecule has 0 spiro atoms. The van der Waals surface area contributed by atoms with Crippen molar-refractivity contribution in [3.8, 4) is 0 Å². The maximum Gasteiger partial charge on any atom is 0.224 e. The van der Waals surface area contributed by atoms with E-state index >= 15 is 0 Å². The summed E-state index contributed by atoms with van der Waals surface area (Å²) in [6.07, 6.45) is 1.52. The third-order valence-corrected chi connectivity index (χ3v) is 3.72. The van der Waals surface area contributed by atoms with Crippen molar-refractivity contribution in [1.29, 1.82) is 0 Å². The lowest BCUT2D eigenvalue weighted by Gasteiger charge is -2.37. The van der Waals surface area contributed by atoms with Crippen molar-refractivity contribution in [3.05, 3.63) is 41.6 Å². The van der Waals surface area contributed by atoms with Gasteiger partial charge in [-0.2, -0.15) is 4.98 Å². The van der Waals surface area contributed by atoms with Gasteiger partial charge in [0.15, 0.2) is 5.82 Å². The largest absolute Gasteiger partial charge is 0.394 e. The molecule has 0 aliphatic carbocycles. The first-order chi connectivity index (χ1) is 10.1. The van der Waals surface area contributed by atoms with Crippen molar-refractivity contribution >= 4 is 28.8 Å². The standard InChI is InChI=1S/C14H15ClFN5/c15-14-18-9-12(17)13(19-14)21-7-5-20(6-8-21)11-3-1-10(16)2-4-11/h1-4,9H,5-8,17H2. The number of rotatable bonds is 2. The minimum absolute atomic E-state index is 0.195. The third kappa shape index (κ3) is 3.00. The topological polar surface area (TPSA) is 58.3 Å². The highest BCUT2D eigenvalue weighted by Gasteiger charge is 2.20. The molecule has 5 nitrogen and oxygen atoms in total. The van der Waals surface area contributed by atoms with Crippen LogP contribution < -0.4 is 15.5 Å². The summed E-state index contributed by atoms with van der Waals surface area (Å²) < 4.78 is 13.0. The summed E-state index contributed by atoms with van der Waals surface area (Å²) in [7, 11) is 0. The monoisotopic (exact) mass is 307 g/mol. The normalized spacial score (nSPS) is 15.3. The number of piperazine rings is 1. The van der Waals surface area contributed by atoms with Gasteiger partial charge in [0.05, 0.1) is 11.9 Å². The number of anilines is 3. The first-order valence-corrected chi connectivity index (χ1v) is 7.05. The van der Waals surface area contributed by atoms with Gasteiger partial charge < -0.3 is 15.5 Å². The molecule has 1 aliphatic heterocycles. The van der Waals surface area contributed by atoms with E-state index in [4.69, 9.17) is 17.3 Å². The van der Waals surface area contributed by atoms with E-state index in [9.17, 15) is 4.39 Å².